The van der Waals surface area contributed by atoms with Crippen molar-refractivity contribution in [3.05, 3.63) is 40.4 Å². The van der Waals surface area contributed by atoms with Gasteiger partial charge in [-0.2, -0.15) is 0 Å². The van der Waals surface area contributed by atoms with E-state index in [1.54, 1.807) is 6.92 Å². The van der Waals surface area contributed by atoms with E-state index in [9.17, 15) is 13.6 Å². The van der Waals surface area contributed by atoms with Crippen molar-refractivity contribution in [2.24, 2.45) is 0 Å². The number of aryl methyl sites for hydroxylation is 1. The largest absolute Gasteiger partial charge is 0.348 e. The van der Waals surface area contributed by atoms with Gasteiger partial charge in [0, 0.05) is 6.04 Å². The van der Waals surface area contributed by atoms with Gasteiger partial charge in [0.05, 0.1) is 11.3 Å². The Morgan fingerprint density at radius 3 is 2.61 bits per heavy atom. The maximum Gasteiger partial charge on any atom is 0.263 e. The molecule has 0 radical (unpaired) electrons. The number of rotatable bonds is 3. The van der Waals surface area contributed by atoms with E-state index in [1.807, 2.05) is 0 Å². The molecule has 7 heteroatoms. The molecule has 1 aliphatic rings. The van der Waals surface area contributed by atoms with Gasteiger partial charge in [0.15, 0.2) is 0 Å². The number of carbonyl (C=O) groups excluding carboxylic acids is 1. The second-order valence-corrected chi connectivity index (χ2v) is 6.53. The maximum absolute atomic E-state index is 13.9. The van der Waals surface area contributed by atoms with Crippen LogP contribution in [0.15, 0.2) is 18.2 Å². The summed E-state index contributed by atoms with van der Waals surface area (Å²) in [5.74, 6) is -1.58. The average Bonchev–Trinajstić information content (AvgIpc) is 2.90. The molecule has 4 nitrogen and oxygen atoms in total. The number of hydrogen-bond donors (Lipinski definition) is 2. The third kappa shape index (κ3) is 3.40. The Morgan fingerprint density at radius 2 is 1.96 bits per heavy atom. The van der Waals surface area contributed by atoms with Crippen molar-refractivity contribution in [3.63, 3.8) is 0 Å². The fraction of sp³-hybridized carbons (Fsp3) is 0.375. The van der Waals surface area contributed by atoms with E-state index >= 15 is 0 Å². The van der Waals surface area contributed by atoms with E-state index in [2.05, 4.69) is 15.6 Å². The molecule has 0 aliphatic carbocycles. The summed E-state index contributed by atoms with van der Waals surface area (Å²) in [5.41, 5.74) is 0.306. The SMILES string of the molecule is Cc1nc(-c2c(F)cccc2F)sc1C(=O)NC1CCNCC1. The van der Waals surface area contributed by atoms with Crippen LogP contribution in [0.5, 0.6) is 0 Å². The van der Waals surface area contributed by atoms with Crippen LogP contribution in [-0.2, 0) is 0 Å². The molecule has 2 heterocycles. The normalized spacial score (nSPS) is 15.6. The zero-order chi connectivity index (χ0) is 16.4. The van der Waals surface area contributed by atoms with Crippen molar-refractivity contribution in [1.82, 2.24) is 15.6 Å². The van der Waals surface area contributed by atoms with Crippen molar-refractivity contribution >= 4 is 17.2 Å². The summed E-state index contributed by atoms with van der Waals surface area (Å²) in [6, 6.07) is 3.80. The lowest BCUT2D eigenvalue weighted by molar-refractivity contribution is 0.0933. The molecule has 0 spiro atoms. The van der Waals surface area contributed by atoms with Crippen molar-refractivity contribution < 1.29 is 13.6 Å². The van der Waals surface area contributed by atoms with E-state index in [1.165, 1.54) is 18.2 Å². The zero-order valence-electron chi connectivity index (χ0n) is 12.7. The van der Waals surface area contributed by atoms with Crippen LogP contribution in [0.3, 0.4) is 0 Å². The van der Waals surface area contributed by atoms with Crippen molar-refractivity contribution in [3.8, 4) is 10.6 Å². The third-order valence-corrected chi connectivity index (χ3v) is 5.03. The van der Waals surface area contributed by atoms with Gasteiger partial charge in [0.1, 0.15) is 21.5 Å². The monoisotopic (exact) mass is 337 g/mol. The summed E-state index contributed by atoms with van der Waals surface area (Å²) in [7, 11) is 0. The predicted octanol–water partition coefficient (Wildman–Crippen LogP) is 2.88. The van der Waals surface area contributed by atoms with Gasteiger partial charge in [-0.3, -0.25) is 4.79 Å². The van der Waals surface area contributed by atoms with E-state index < -0.39 is 11.6 Å². The molecule has 2 N–H and O–H groups in total. The lowest BCUT2D eigenvalue weighted by atomic mass is 10.1. The Morgan fingerprint density at radius 1 is 1.30 bits per heavy atom. The van der Waals surface area contributed by atoms with Gasteiger partial charge in [-0.25, -0.2) is 13.8 Å². The van der Waals surface area contributed by atoms with Gasteiger partial charge in [0.2, 0.25) is 0 Å². The lowest BCUT2D eigenvalue weighted by Crippen LogP contribution is -2.42. The first kappa shape index (κ1) is 16.0. The molecule has 122 valence electrons. The second kappa shape index (κ2) is 6.72. The molecule has 1 amide bonds. The summed E-state index contributed by atoms with van der Waals surface area (Å²) in [6.07, 6.45) is 1.75. The van der Waals surface area contributed by atoms with Crippen LogP contribution in [0.2, 0.25) is 0 Å². The Labute approximate surface area is 136 Å². The highest BCUT2D eigenvalue weighted by Gasteiger charge is 2.22. The van der Waals surface area contributed by atoms with Crippen LogP contribution in [0.4, 0.5) is 8.78 Å². The van der Waals surface area contributed by atoms with Crippen LogP contribution in [-0.4, -0.2) is 30.0 Å². The van der Waals surface area contributed by atoms with E-state index in [4.69, 9.17) is 0 Å². The Bertz CT molecular complexity index is 706. The number of hydrogen-bond acceptors (Lipinski definition) is 4. The van der Waals surface area contributed by atoms with Crippen LogP contribution >= 0.6 is 11.3 Å². The summed E-state index contributed by atoms with van der Waals surface area (Å²) in [6.45, 7) is 3.42. The predicted molar refractivity (Wildman–Crippen MR) is 85.6 cm³/mol. The number of thiazole rings is 1. The summed E-state index contributed by atoms with van der Waals surface area (Å²) >= 11 is 1.02. The number of benzene rings is 1. The molecule has 1 aromatic carbocycles. The fourth-order valence-electron chi connectivity index (χ4n) is 2.63. The maximum atomic E-state index is 13.9. The number of nitrogens with one attached hydrogen (secondary N) is 2. The Hall–Kier alpha value is -1.86. The first-order chi connectivity index (χ1) is 11.1. The highest BCUT2D eigenvalue weighted by molar-refractivity contribution is 7.17. The molecule has 1 aliphatic heterocycles. The lowest BCUT2D eigenvalue weighted by Gasteiger charge is -2.23. The molecular formula is C16H17F2N3OS. The molecule has 23 heavy (non-hydrogen) atoms. The highest BCUT2D eigenvalue weighted by Crippen LogP contribution is 2.31. The fourth-order valence-corrected chi connectivity index (χ4v) is 3.65. The summed E-state index contributed by atoms with van der Waals surface area (Å²) in [5, 5.41) is 6.40. The minimum Gasteiger partial charge on any atom is -0.348 e. The molecule has 0 bridgehead atoms. The van der Waals surface area contributed by atoms with Gasteiger partial charge in [0.25, 0.3) is 5.91 Å². The Balaban J connectivity index is 1.84. The first-order valence-electron chi connectivity index (χ1n) is 7.49. The number of amides is 1. The van der Waals surface area contributed by atoms with Crippen molar-refractivity contribution in [1.29, 1.82) is 0 Å². The number of nitrogens with zero attached hydrogens (tertiary/aromatic N) is 1. The van der Waals surface area contributed by atoms with Gasteiger partial charge in [-0.15, -0.1) is 11.3 Å². The number of carbonyl (C=O) groups is 1. The molecule has 0 saturated carbocycles. The second-order valence-electron chi connectivity index (χ2n) is 5.53. The minimum absolute atomic E-state index is 0.124. The third-order valence-electron chi connectivity index (χ3n) is 3.85. The number of halogens is 2. The quantitative estimate of drug-likeness (QED) is 0.905. The first-order valence-corrected chi connectivity index (χ1v) is 8.31. The molecule has 0 unspecified atom stereocenters. The van der Waals surface area contributed by atoms with Gasteiger partial charge < -0.3 is 10.6 Å². The van der Waals surface area contributed by atoms with E-state index in [0.29, 0.717) is 10.6 Å². The Kier molecular flexibility index (Phi) is 4.68. The molecular weight excluding hydrogens is 320 g/mol. The average molecular weight is 337 g/mol. The topological polar surface area (TPSA) is 54.0 Å². The summed E-state index contributed by atoms with van der Waals surface area (Å²) in [4.78, 5) is 17.0. The van der Waals surface area contributed by atoms with E-state index in [0.717, 1.165) is 37.3 Å². The van der Waals surface area contributed by atoms with E-state index in [-0.39, 0.29) is 22.5 Å². The molecule has 1 saturated heterocycles. The molecule has 3 rings (SSSR count). The summed E-state index contributed by atoms with van der Waals surface area (Å²) < 4.78 is 27.7. The standard InChI is InChI=1S/C16H17F2N3OS/c1-9-14(15(22)21-10-5-7-19-8-6-10)23-16(20-9)13-11(17)3-2-4-12(13)18/h2-4,10,19H,5-8H2,1H3,(H,21,22). The number of aromatic nitrogens is 1. The van der Waals surface area contributed by atoms with Crippen LogP contribution < -0.4 is 10.6 Å². The van der Waals surface area contributed by atoms with Crippen molar-refractivity contribution in [2.45, 2.75) is 25.8 Å². The molecule has 1 fully saturated rings. The van der Waals surface area contributed by atoms with Crippen LogP contribution in [0.25, 0.3) is 10.6 Å². The zero-order valence-corrected chi connectivity index (χ0v) is 13.5. The molecule has 0 atom stereocenters. The van der Waals surface area contributed by atoms with Gasteiger partial charge in [-0.05, 0) is 45.0 Å². The van der Waals surface area contributed by atoms with Gasteiger partial charge in [-0.1, -0.05) is 6.07 Å². The molecule has 2 aromatic rings. The number of piperidine rings is 1. The van der Waals surface area contributed by atoms with Crippen molar-refractivity contribution in [2.75, 3.05) is 13.1 Å². The van der Waals surface area contributed by atoms with Crippen LogP contribution in [0.1, 0.15) is 28.2 Å². The van der Waals surface area contributed by atoms with Crippen LogP contribution in [0, 0.1) is 18.6 Å². The smallest absolute Gasteiger partial charge is 0.263 e. The minimum atomic E-state index is -0.677. The molecule has 1 aromatic heterocycles. The van der Waals surface area contributed by atoms with Gasteiger partial charge >= 0.3 is 0 Å². The highest BCUT2D eigenvalue weighted by atomic mass is 32.1.